The molecule has 0 fully saturated rings. The van der Waals surface area contributed by atoms with E-state index < -0.39 is 0 Å². The van der Waals surface area contributed by atoms with Crippen molar-refractivity contribution >= 4 is 11.6 Å². The first-order chi connectivity index (χ1) is 8.68. The van der Waals surface area contributed by atoms with Crippen LogP contribution in [0, 0.1) is 6.92 Å². The molecule has 0 radical (unpaired) electrons. The van der Waals surface area contributed by atoms with Crippen LogP contribution in [0.3, 0.4) is 0 Å². The third-order valence-corrected chi connectivity index (χ3v) is 2.66. The number of rotatable bonds is 4. The van der Waals surface area contributed by atoms with Crippen molar-refractivity contribution in [2.24, 2.45) is 0 Å². The monoisotopic (exact) mass is 246 g/mol. The second-order valence-corrected chi connectivity index (χ2v) is 3.87. The van der Waals surface area contributed by atoms with Crippen molar-refractivity contribution in [3.63, 3.8) is 0 Å². The van der Waals surface area contributed by atoms with Crippen LogP contribution in [0.1, 0.15) is 21.7 Å². The molecule has 0 spiro atoms. The van der Waals surface area contributed by atoms with E-state index >= 15 is 0 Å². The Morgan fingerprint density at radius 1 is 1.50 bits per heavy atom. The number of carbonyl (C=O) groups excluding carboxylic acids is 1. The molecule has 1 amide bonds. The van der Waals surface area contributed by atoms with Crippen LogP contribution in [-0.2, 0) is 6.42 Å². The molecule has 0 aliphatic carbocycles. The number of nitrogens with zero attached hydrogens (tertiary/aromatic N) is 2. The van der Waals surface area contributed by atoms with Crippen LogP contribution >= 0.6 is 0 Å². The molecule has 1 aromatic heterocycles. The molecule has 1 heterocycles. The van der Waals surface area contributed by atoms with Gasteiger partial charge in [0.2, 0.25) is 6.39 Å². The minimum Gasteiger partial charge on any atom is -0.398 e. The molecule has 94 valence electrons. The van der Waals surface area contributed by atoms with Gasteiger partial charge in [-0.15, -0.1) is 0 Å². The first-order valence-electron chi connectivity index (χ1n) is 5.57. The van der Waals surface area contributed by atoms with Crippen molar-refractivity contribution in [3.05, 3.63) is 41.5 Å². The van der Waals surface area contributed by atoms with Crippen LogP contribution in [0.4, 0.5) is 5.69 Å². The zero-order chi connectivity index (χ0) is 13.0. The number of aromatic nitrogens is 2. The Morgan fingerprint density at radius 3 is 3.06 bits per heavy atom. The van der Waals surface area contributed by atoms with Gasteiger partial charge in [-0.3, -0.25) is 4.79 Å². The van der Waals surface area contributed by atoms with Crippen LogP contribution < -0.4 is 11.1 Å². The standard InChI is InChI=1S/C12H14N4O2/c1-8-9(3-2-4-10(8)13)12(17)14-6-5-11-15-7-18-16-11/h2-4,7H,5-6,13H2,1H3,(H,14,17). The van der Waals surface area contributed by atoms with Gasteiger partial charge < -0.3 is 15.6 Å². The van der Waals surface area contributed by atoms with Gasteiger partial charge in [0.05, 0.1) is 0 Å². The highest BCUT2D eigenvalue weighted by atomic mass is 16.5. The molecule has 0 bridgehead atoms. The molecular formula is C12H14N4O2. The van der Waals surface area contributed by atoms with Crippen LogP contribution in [0.25, 0.3) is 0 Å². The van der Waals surface area contributed by atoms with Crippen molar-refractivity contribution in [1.29, 1.82) is 0 Å². The number of nitrogens with two attached hydrogens (primary N) is 1. The lowest BCUT2D eigenvalue weighted by Crippen LogP contribution is -2.26. The highest BCUT2D eigenvalue weighted by molar-refractivity contribution is 5.96. The number of hydrogen-bond acceptors (Lipinski definition) is 5. The highest BCUT2D eigenvalue weighted by Crippen LogP contribution is 2.15. The number of hydrogen-bond donors (Lipinski definition) is 2. The molecular weight excluding hydrogens is 232 g/mol. The van der Waals surface area contributed by atoms with E-state index in [0.717, 1.165) is 5.56 Å². The molecule has 0 aliphatic heterocycles. The Kier molecular flexibility index (Phi) is 3.57. The van der Waals surface area contributed by atoms with E-state index in [2.05, 4.69) is 20.0 Å². The number of nitrogens with one attached hydrogen (secondary N) is 1. The largest absolute Gasteiger partial charge is 0.398 e. The van der Waals surface area contributed by atoms with E-state index in [1.807, 2.05) is 6.92 Å². The van der Waals surface area contributed by atoms with Gasteiger partial charge in [0.1, 0.15) is 0 Å². The van der Waals surface area contributed by atoms with E-state index in [9.17, 15) is 4.79 Å². The van der Waals surface area contributed by atoms with Crippen molar-refractivity contribution in [2.45, 2.75) is 13.3 Å². The fraction of sp³-hybridized carbons (Fsp3) is 0.250. The van der Waals surface area contributed by atoms with E-state index in [1.54, 1.807) is 18.2 Å². The quantitative estimate of drug-likeness (QED) is 0.783. The normalized spacial score (nSPS) is 10.3. The van der Waals surface area contributed by atoms with Crippen molar-refractivity contribution in [1.82, 2.24) is 15.5 Å². The Hall–Kier alpha value is -2.37. The molecule has 1 aromatic carbocycles. The van der Waals surface area contributed by atoms with Gasteiger partial charge in [-0.25, -0.2) is 0 Å². The first kappa shape index (κ1) is 12.1. The maximum Gasteiger partial charge on any atom is 0.251 e. The van der Waals surface area contributed by atoms with Gasteiger partial charge in [-0.05, 0) is 24.6 Å². The first-order valence-corrected chi connectivity index (χ1v) is 5.57. The summed E-state index contributed by atoms with van der Waals surface area (Å²) < 4.78 is 4.60. The molecule has 3 N–H and O–H groups in total. The third kappa shape index (κ3) is 2.65. The maximum atomic E-state index is 11.9. The summed E-state index contributed by atoms with van der Waals surface area (Å²) in [6.07, 6.45) is 1.79. The minimum atomic E-state index is -0.150. The maximum absolute atomic E-state index is 11.9. The molecule has 0 atom stereocenters. The number of amides is 1. The molecule has 0 saturated carbocycles. The van der Waals surface area contributed by atoms with Gasteiger partial charge in [-0.2, -0.15) is 4.98 Å². The Morgan fingerprint density at radius 2 is 2.33 bits per heavy atom. The molecule has 6 nitrogen and oxygen atoms in total. The molecule has 0 saturated heterocycles. The second-order valence-electron chi connectivity index (χ2n) is 3.87. The van der Waals surface area contributed by atoms with Crippen LogP contribution in [0.5, 0.6) is 0 Å². The lowest BCUT2D eigenvalue weighted by Gasteiger charge is -2.08. The zero-order valence-corrected chi connectivity index (χ0v) is 10.0. The van der Waals surface area contributed by atoms with Gasteiger partial charge in [0.15, 0.2) is 5.82 Å². The fourth-order valence-electron chi connectivity index (χ4n) is 1.59. The lowest BCUT2D eigenvalue weighted by atomic mass is 10.1. The number of benzene rings is 1. The van der Waals surface area contributed by atoms with Crippen molar-refractivity contribution in [2.75, 3.05) is 12.3 Å². The summed E-state index contributed by atoms with van der Waals surface area (Å²) in [4.78, 5) is 15.8. The summed E-state index contributed by atoms with van der Waals surface area (Å²) >= 11 is 0. The summed E-state index contributed by atoms with van der Waals surface area (Å²) in [5.41, 5.74) is 7.74. The third-order valence-electron chi connectivity index (χ3n) is 2.66. The Labute approximate surface area is 104 Å². The van der Waals surface area contributed by atoms with E-state index in [1.165, 1.54) is 6.39 Å². The lowest BCUT2D eigenvalue weighted by molar-refractivity contribution is 0.0953. The Bertz CT molecular complexity index is 537. The van der Waals surface area contributed by atoms with Gasteiger partial charge in [-0.1, -0.05) is 11.2 Å². The summed E-state index contributed by atoms with van der Waals surface area (Å²) in [7, 11) is 0. The molecule has 2 rings (SSSR count). The Balaban J connectivity index is 1.93. The summed E-state index contributed by atoms with van der Waals surface area (Å²) in [6, 6.07) is 5.28. The predicted octanol–water partition coefficient (Wildman–Crippen LogP) is 0.933. The smallest absolute Gasteiger partial charge is 0.251 e. The van der Waals surface area contributed by atoms with E-state index in [-0.39, 0.29) is 5.91 Å². The average molecular weight is 246 g/mol. The summed E-state index contributed by atoms with van der Waals surface area (Å²) in [5, 5.41) is 6.45. The molecule has 6 heteroatoms. The predicted molar refractivity (Wildman–Crippen MR) is 65.9 cm³/mol. The second kappa shape index (κ2) is 5.31. The van der Waals surface area contributed by atoms with E-state index in [0.29, 0.717) is 30.0 Å². The van der Waals surface area contributed by atoms with Crippen LogP contribution in [0.15, 0.2) is 29.1 Å². The number of anilines is 1. The fourth-order valence-corrected chi connectivity index (χ4v) is 1.59. The van der Waals surface area contributed by atoms with Crippen LogP contribution in [0.2, 0.25) is 0 Å². The van der Waals surface area contributed by atoms with Gasteiger partial charge >= 0.3 is 0 Å². The number of carbonyl (C=O) groups is 1. The van der Waals surface area contributed by atoms with E-state index in [4.69, 9.17) is 5.73 Å². The molecule has 2 aromatic rings. The highest BCUT2D eigenvalue weighted by Gasteiger charge is 2.10. The van der Waals surface area contributed by atoms with Gasteiger partial charge in [0, 0.05) is 24.2 Å². The van der Waals surface area contributed by atoms with Gasteiger partial charge in [0.25, 0.3) is 5.91 Å². The van der Waals surface area contributed by atoms with Crippen molar-refractivity contribution < 1.29 is 9.32 Å². The SMILES string of the molecule is Cc1c(N)cccc1C(=O)NCCc1ncon1. The minimum absolute atomic E-state index is 0.150. The summed E-state index contributed by atoms with van der Waals surface area (Å²) in [6.45, 7) is 2.27. The molecule has 0 aliphatic rings. The zero-order valence-electron chi connectivity index (χ0n) is 10.0. The average Bonchev–Trinajstić information content (AvgIpc) is 2.85. The summed E-state index contributed by atoms with van der Waals surface area (Å²) in [5.74, 6) is 0.419. The number of nitrogen functional groups attached to an aromatic ring is 1. The van der Waals surface area contributed by atoms with Crippen LogP contribution in [-0.4, -0.2) is 22.6 Å². The topological polar surface area (TPSA) is 94.0 Å². The molecule has 18 heavy (non-hydrogen) atoms. The van der Waals surface area contributed by atoms with Crippen molar-refractivity contribution in [3.8, 4) is 0 Å². The molecule has 0 unspecified atom stereocenters.